The van der Waals surface area contributed by atoms with Crippen molar-refractivity contribution >= 4 is 23.8 Å². The third-order valence-corrected chi connectivity index (χ3v) is 5.73. The Balaban J connectivity index is 1.92. The third kappa shape index (κ3) is 4.53. The Kier molecular flexibility index (Phi) is 5.79. The molecular weight excluding hydrogens is 288 g/mol. The number of amides is 2. The van der Waals surface area contributed by atoms with Crippen LogP contribution in [0, 0.1) is 11.8 Å². The minimum absolute atomic E-state index is 0.0394. The molecule has 2 aliphatic rings. The van der Waals surface area contributed by atoms with Crippen LogP contribution >= 0.6 is 11.8 Å². The highest BCUT2D eigenvalue weighted by Gasteiger charge is 2.32. The number of thioether (sulfide) groups is 1. The van der Waals surface area contributed by atoms with Crippen molar-refractivity contribution in [2.75, 3.05) is 18.1 Å². The van der Waals surface area contributed by atoms with Gasteiger partial charge in [-0.1, -0.05) is 13.8 Å². The highest BCUT2D eigenvalue weighted by Crippen LogP contribution is 2.29. The minimum atomic E-state index is -0.833. The molecule has 120 valence electrons. The van der Waals surface area contributed by atoms with Crippen LogP contribution in [-0.2, 0) is 4.79 Å². The van der Waals surface area contributed by atoms with Crippen molar-refractivity contribution in [3.05, 3.63) is 0 Å². The average molecular weight is 314 g/mol. The lowest BCUT2D eigenvalue weighted by molar-refractivity contribution is -0.138. The number of rotatable bonds is 3. The summed E-state index contributed by atoms with van der Waals surface area (Å²) >= 11 is 1.73. The van der Waals surface area contributed by atoms with Crippen LogP contribution in [0.4, 0.5) is 4.79 Å². The van der Waals surface area contributed by atoms with E-state index >= 15 is 0 Å². The van der Waals surface area contributed by atoms with Gasteiger partial charge in [-0.3, -0.25) is 4.79 Å². The van der Waals surface area contributed by atoms with Gasteiger partial charge in [-0.2, -0.15) is 11.8 Å². The first-order chi connectivity index (χ1) is 9.97. The number of carbonyl (C=O) groups excluding carboxylic acids is 1. The monoisotopic (exact) mass is 314 g/mol. The number of carboxylic acids is 1. The zero-order valence-electron chi connectivity index (χ0n) is 12.9. The summed E-state index contributed by atoms with van der Waals surface area (Å²) in [6.07, 6.45) is 3.38. The Labute approximate surface area is 130 Å². The molecule has 21 heavy (non-hydrogen) atoms. The molecule has 1 saturated heterocycles. The molecule has 6 heteroatoms. The molecule has 0 radical (unpaired) electrons. The van der Waals surface area contributed by atoms with E-state index in [-0.39, 0.29) is 24.5 Å². The summed E-state index contributed by atoms with van der Waals surface area (Å²) in [5.41, 5.74) is 0. The topological polar surface area (TPSA) is 69.6 Å². The van der Waals surface area contributed by atoms with Crippen LogP contribution < -0.4 is 5.32 Å². The number of hydrogen-bond donors (Lipinski definition) is 2. The SMILES string of the molecule is CC1CCC(NC(=O)N2CCSCC2CC(=O)O)C(C)C1. The summed E-state index contributed by atoms with van der Waals surface area (Å²) in [6.45, 7) is 5.10. The highest BCUT2D eigenvalue weighted by atomic mass is 32.2. The lowest BCUT2D eigenvalue weighted by Crippen LogP contribution is -2.54. The fourth-order valence-electron chi connectivity index (χ4n) is 3.41. The van der Waals surface area contributed by atoms with Crippen molar-refractivity contribution in [2.45, 2.75) is 51.6 Å². The molecule has 2 fully saturated rings. The van der Waals surface area contributed by atoms with E-state index in [9.17, 15) is 9.59 Å². The lowest BCUT2D eigenvalue weighted by atomic mass is 9.80. The van der Waals surface area contributed by atoms with Gasteiger partial charge in [-0.15, -0.1) is 0 Å². The van der Waals surface area contributed by atoms with Crippen molar-refractivity contribution in [2.24, 2.45) is 11.8 Å². The molecule has 0 aromatic heterocycles. The van der Waals surface area contributed by atoms with Crippen molar-refractivity contribution < 1.29 is 14.7 Å². The van der Waals surface area contributed by atoms with Gasteiger partial charge in [0, 0.05) is 24.1 Å². The first-order valence-corrected chi connectivity index (χ1v) is 8.99. The van der Waals surface area contributed by atoms with Crippen LogP contribution in [0.25, 0.3) is 0 Å². The maximum absolute atomic E-state index is 12.5. The normalized spacial score (nSPS) is 33.5. The second-order valence-corrected chi connectivity index (χ2v) is 7.62. The maximum atomic E-state index is 12.5. The molecule has 1 saturated carbocycles. The minimum Gasteiger partial charge on any atom is -0.481 e. The predicted molar refractivity (Wildman–Crippen MR) is 84.6 cm³/mol. The largest absolute Gasteiger partial charge is 0.481 e. The zero-order chi connectivity index (χ0) is 15.4. The molecule has 0 bridgehead atoms. The van der Waals surface area contributed by atoms with Crippen molar-refractivity contribution in [3.63, 3.8) is 0 Å². The van der Waals surface area contributed by atoms with Crippen LogP contribution in [0.3, 0.4) is 0 Å². The molecule has 4 atom stereocenters. The van der Waals surface area contributed by atoms with Crippen molar-refractivity contribution in [3.8, 4) is 0 Å². The summed E-state index contributed by atoms with van der Waals surface area (Å²) in [5, 5.41) is 12.1. The summed E-state index contributed by atoms with van der Waals surface area (Å²) in [4.78, 5) is 25.2. The number of urea groups is 1. The van der Waals surface area contributed by atoms with Gasteiger partial charge in [0.25, 0.3) is 0 Å². The first-order valence-electron chi connectivity index (χ1n) is 7.84. The van der Waals surface area contributed by atoms with Crippen molar-refractivity contribution in [1.29, 1.82) is 0 Å². The van der Waals surface area contributed by atoms with Gasteiger partial charge < -0.3 is 15.3 Å². The van der Waals surface area contributed by atoms with Gasteiger partial charge in [0.15, 0.2) is 0 Å². The van der Waals surface area contributed by atoms with Crippen LogP contribution in [0.1, 0.15) is 39.5 Å². The van der Waals surface area contributed by atoms with Gasteiger partial charge in [0.05, 0.1) is 12.5 Å². The zero-order valence-corrected chi connectivity index (χ0v) is 13.7. The number of aliphatic carboxylic acids is 1. The molecule has 5 nitrogen and oxygen atoms in total. The van der Waals surface area contributed by atoms with Gasteiger partial charge in [-0.25, -0.2) is 4.79 Å². The van der Waals surface area contributed by atoms with Crippen LogP contribution in [0.15, 0.2) is 0 Å². The Morgan fingerprint density at radius 3 is 2.76 bits per heavy atom. The number of carbonyl (C=O) groups is 2. The quantitative estimate of drug-likeness (QED) is 0.839. The Bertz CT molecular complexity index is 391. The standard InChI is InChI=1S/C15H26N2O3S/c1-10-3-4-13(11(2)7-10)16-15(20)17-5-6-21-9-12(17)8-14(18)19/h10-13H,3-9H2,1-2H3,(H,16,20)(H,18,19). The van der Waals surface area contributed by atoms with E-state index in [1.807, 2.05) is 0 Å². The number of carboxylic acid groups (broad SMARTS) is 1. The lowest BCUT2D eigenvalue weighted by Gasteiger charge is -2.38. The summed E-state index contributed by atoms with van der Waals surface area (Å²) in [7, 11) is 0. The van der Waals surface area contributed by atoms with E-state index in [0.29, 0.717) is 12.5 Å². The highest BCUT2D eigenvalue weighted by molar-refractivity contribution is 7.99. The second kappa shape index (κ2) is 7.38. The van der Waals surface area contributed by atoms with Crippen LogP contribution in [-0.4, -0.2) is 52.1 Å². The van der Waals surface area contributed by atoms with E-state index in [4.69, 9.17) is 5.11 Å². The Morgan fingerprint density at radius 1 is 1.33 bits per heavy atom. The van der Waals surface area contributed by atoms with Crippen LogP contribution in [0.2, 0.25) is 0 Å². The molecule has 1 aliphatic heterocycles. The molecule has 0 spiro atoms. The summed E-state index contributed by atoms with van der Waals surface area (Å²) in [5.74, 6) is 2.01. The van der Waals surface area contributed by atoms with E-state index in [1.54, 1.807) is 16.7 Å². The Hall–Kier alpha value is -0.910. The number of hydrogen-bond acceptors (Lipinski definition) is 3. The Morgan fingerprint density at radius 2 is 2.10 bits per heavy atom. The van der Waals surface area contributed by atoms with Gasteiger partial charge >= 0.3 is 12.0 Å². The summed E-state index contributed by atoms with van der Waals surface area (Å²) < 4.78 is 0. The maximum Gasteiger partial charge on any atom is 0.317 e. The molecule has 0 aromatic rings. The average Bonchev–Trinajstić information content (AvgIpc) is 2.42. The smallest absolute Gasteiger partial charge is 0.317 e. The van der Waals surface area contributed by atoms with E-state index in [0.717, 1.165) is 36.7 Å². The predicted octanol–water partition coefficient (Wildman–Crippen LogP) is 2.41. The molecular formula is C15H26N2O3S. The third-order valence-electron chi connectivity index (χ3n) is 4.64. The fourth-order valence-corrected chi connectivity index (χ4v) is 4.48. The van der Waals surface area contributed by atoms with Crippen molar-refractivity contribution in [1.82, 2.24) is 10.2 Å². The van der Waals surface area contributed by atoms with Gasteiger partial charge in [-0.05, 0) is 31.1 Å². The fraction of sp³-hybridized carbons (Fsp3) is 0.867. The van der Waals surface area contributed by atoms with E-state index in [2.05, 4.69) is 19.2 Å². The van der Waals surface area contributed by atoms with Crippen LogP contribution in [0.5, 0.6) is 0 Å². The molecule has 2 rings (SSSR count). The van der Waals surface area contributed by atoms with Gasteiger partial charge in [0.2, 0.25) is 0 Å². The second-order valence-electron chi connectivity index (χ2n) is 6.47. The molecule has 2 amide bonds. The summed E-state index contributed by atoms with van der Waals surface area (Å²) in [6, 6.07) is -0.0271. The molecule has 1 heterocycles. The molecule has 1 aliphatic carbocycles. The molecule has 2 N–H and O–H groups in total. The molecule has 0 aromatic carbocycles. The first kappa shape index (κ1) is 16.5. The van der Waals surface area contributed by atoms with E-state index in [1.165, 1.54) is 0 Å². The van der Waals surface area contributed by atoms with Gasteiger partial charge in [0.1, 0.15) is 0 Å². The number of nitrogens with zero attached hydrogens (tertiary/aromatic N) is 1. The number of nitrogens with one attached hydrogen (secondary N) is 1. The van der Waals surface area contributed by atoms with E-state index < -0.39 is 5.97 Å². The molecule has 4 unspecified atom stereocenters.